The fourth-order valence-corrected chi connectivity index (χ4v) is 5.51. The van der Waals surface area contributed by atoms with Crippen molar-refractivity contribution >= 4 is 43.7 Å². The Kier molecular flexibility index (Phi) is 5.88. The van der Waals surface area contributed by atoms with Crippen LogP contribution in [0.15, 0.2) is 53.7 Å². The molecule has 7 nitrogen and oxygen atoms in total. The summed E-state index contributed by atoms with van der Waals surface area (Å²) >= 11 is 1.42. The van der Waals surface area contributed by atoms with Crippen LogP contribution in [0, 0.1) is 0 Å². The number of hydrogen-bond donors (Lipinski definition) is 2. The molecule has 0 atom stereocenters. The predicted octanol–water partition coefficient (Wildman–Crippen LogP) is 3.93. The maximum absolute atomic E-state index is 13.2. The van der Waals surface area contributed by atoms with Gasteiger partial charge in [0.15, 0.2) is 9.84 Å². The van der Waals surface area contributed by atoms with Gasteiger partial charge in [-0.1, -0.05) is 6.07 Å². The number of carbonyl (C=O) groups excluding carboxylic acids is 2. The highest BCUT2D eigenvalue weighted by Crippen LogP contribution is 2.38. The summed E-state index contributed by atoms with van der Waals surface area (Å²) in [5.74, 6) is -0.702. The number of thiophene rings is 1. The van der Waals surface area contributed by atoms with Gasteiger partial charge in [0, 0.05) is 29.2 Å². The zero-order valence-electron chi connectivity index (χ0n) is 16.8. The van der Waals surface area contributed by atoms with Gasteiger partial charge in [-0.2, -0.15) is 0 Å². The zero-order chi connectivity index (χ0) is 22.0. The molecule has 1 aromatic carbocycles. The van der Waals surface area contributed by atoms with Crippen molar-refractivity contribution < 1.29 is 18.0 Å². The number of aromatic nitrogens is 1. The molecule has 160 valence electrons. The van der Waals surface area contributed by atoms with Crippen LogP contribution in [-0.4, -0.2) is 31.5 Å². The van der Waals surface area contributed by atoms with Gasteiger partial charge in [0.1, 0.15) is 5.00 Å². The molecule has 0 bridgehead atoms. The lowest BCUT2D eigenvalue weighted by atomic mass is 9.95. The van der Waals surface area contributed by atoms with Crippen LogP contribution in [-0.2, 0) is 22.7 Å². The second-order valence-corrected chi connectivity index (χ2v) is 10.5. The van der Waals surface area contributed by atoms with E-state index in [9.17, 15) is 18.0 Å². The molecule has 2 amide bonds. The van der Waals surface area contributed by atoms with Crippen LogP contribution in [0.5, 0.6) is 0 Å². The molecule has 9 heteroatoms. The lowest BCUT2D eigenvalue weighted by molar-refractivity contribution is 0.102. The van der Waals surface area contributed by atoms with Crippen LogP contribution in [0.1, 0.15) is 44.0 Å². The lowest BCUT2D eigenvalue weighted by Gasteiger charge is -2.13. The SMILES string of the molecule is CS(=O)(=O)c1cccc(NC(=O)c2c(NC(=O)c3cccnc3)sc3c2CCCC3)c1. The molecule has 2 aromatic heterocycles. The van der Waals surface area contributed by atoms with E-state index in [0.29, 0.717) is 21.8 Å². The van der Waals surface area contributed by atoms with E-state index in [2.05, 4.69) is 15.6 Å². The van der Waals surface area contributed by atoms with Crippen LogP contribution >= 0.6 is 11.3 Å². The van der Waals surface area contributed by atoms with Crippen molar-refractivity contribution in [1.82, 2.24) is 4.98 Å². The first-order valence-corrected chi connectivity index (χ1v) is 12.5. The molecule has 1 aliphatic carbocycles. The molecule has 0 saturated carbocycles. The summed E-state index contributed by atoms with van der Waals surface area (Å²) in [7, 11) is -3.40. The third-order valence-corrected chi connectivity index (χ3v) is 7.39. The van der Waals surface area contributed by atoms with E-state index in [1.165, 1.54) is 29.7 Å². The summed E-state index contributed by atoms with van der Waals surface area (Å²) in [5, 5.41) is 6.17. The number of nitrogens with zero attached hydrogens (tertiary/aromatic N) is 1. The molecule has 3 aromatic rings. The molecule has 1 aliphatic rings. The number of rotatable bonds is 5. The van der Waals surface area contributed by atoms with E-state index in [0.717, 1.165) is 42.4 Å². The molecule has 0 fully saturated rings. The van der Waals surface area contributed by atoms with Crippen molar-refractivity contribution in [2.45, 2.75) is 30.6 Å². The highest BCUT2D eigenvalue weighted by atomic mass is 32.2. The number of sulfone groups is 1. The largest absolute Gasteiger partial charge is 0.322 e. The first-order valence-electron chi connectivity index (χ1n) is 9.80. The lowest BCUT2D eigenvalue weighted by Crippen LogP contribution is -2.19. The summed E-state index contributed by atoms with van der Waals surface area (Å²) in [6.45, 7) is 0. The first-order chi connectivity index (χ1) is 14.8. The van der Waals surface area contributed by atoms with Gasteiger partial charge in [-0.05, 0) is 61.6 Å². The normalized spacial score (nSPS) is 13.3. The van der Waals surface area contributed by atoms with Gasteiger partial charge in [-0.25, -0.2) is 8.42 Å². The van der Waals surface area contributed by atoms with E-state index >= 15 is 0 Å². The molecular formula is C22H21N3O4S2. The molecule has 2 N–H and O–H groups in total. The molecule has 0 unspecified atom stereocenters. The van der Waals surface area contributed by atoms with Gasteiger partial charge in [0.05, 0.1) is 16.0 Å². The van der Waals surface area contributed by atoms with Crippen molar-refractivity contribution in [1.29, 1.82) is 0 Å². The van der Waals surface area contributed by atoms with Gasteiger partial charge in [0.25, 0.3) is 11.8 Å². The minimum atomic E-state index is -3.40. The minimum Gasteiger partial charge on any atom is -0.322 e. The number of carbonyl (C=O) groups is 2. The molecule has 4 rings (SSSR count). The molecule has 0 radical (unpaired) electrons. The summed E-state index contributed by atoms with van der Waals surface area (Å²) in [4.78, 5) is 31.1. The molecule has 0 aliphatic heterocycles. The highest BCUT2D eigenvalue weighted by Gasteiger charge is 2.27. The highest BCUT2D eigenvalue weighted by molar-refractivity contribution is 7.90. The number of nitrogens with one attached hydrogen (secondary N) is 2. The fourth-order valence-electron chi connectivity index (χ4n) is 3.56. The Balaban J connectivity index is 1.66. The van der Waals surface area contributed by atoms with Crippen LogP contribution in [0.25, 0.3) is 0 Å². The molecular weight excluding hydrogens is 434 g/mol. The summed E-state index contributed by atoms with van der Waals surface area (Å²) in [6, 6.07) is 9.47. The smallest absolute Gasteiger partial charge is 0.258 e. The standard InChI is InChI=1S/C22H21N3O4S2/c1-31(28,29)16-8-4-7-15(12-16)24-21(27)19-17-9-2-3-10-18(17)30-22(19)25-20(26)14-6-5-11-23-13-14/h4-8,11-13H,2-3,9-10H2,1H3,(H,24,27)(H,25,26). The third kappa shape index (κ3) is 4.67. The van der Waals surface area contributed by atoms with Gasteiger partial charge in [0.2, 0.25) is 0 Å². The summed E-state index contributed by atoms with van der Waals surface area (Å²) in [6.07, 6.45) is 7.83. The third-order valence-electron chi connectivity index (χ3n) is 5.07. The molecule has 0 saturated heterocycles. The molecule has 2 heterocycles. The van der Waals surface area contributed by atoms with Crippen LogP contribution < -0.4 is 10.6 Å². The predicted molar refractivity (Wildman–Crippen MR) is 121 cm³/mol. The Labute approximate surface area is 184 Å². The summed E-state index contributed by atoms with van der Waals surface area (Å²) < 4.78 is 23.7. The number of aryl methyl sites for hydroxylation is 1. The van der Waals surface area contributed by atoms with Gasteiger partial charge >= 0.3 is 0 Å². The van der Waals surface area contributed by atoms with E-state index in [1.54, 1.807) is 30.5 Å². The van der Waals surface area contributed by atoms with Crippen LogP contribution in [0.4, 0.5) is 10.7 Å². The Morgan fingerprint density at radius 2 is 1.84 bits per heavy atom. The Morgan fingerprint density at radius 1 is 1.03 bits per heavy atom. The quantitative estimate of drug-likeness (QED) is 0.606. The number of amides is 2. The zero-order valence-corrected chi connectivity index (χ0v) is 18.5. The van der Waals surface area contributed by atoms with Gasteiger partial charge in [-0.3, -0.25) is 14.6 Å². The Morgan fingerprint density at radius 3 is 2.58 bits per heavy atom. The number of pyridine rings is 1. The van der Waals surface area contributed by atoms with Crippen molar-refractivity contribution in [3.63, 3.8) is 0 Å². The van der Waals surface area contributed by atoms with E-state index in [1.807, 2.05) is 0 Å². The van der Waals surface area contributed by atoms with Crippen LogP contribution in [0.2, 0.25) is 0 Å². The maximum atomic E-state index is 13.2. The van der Waals surface area contributed by atoms with Gasteiger partial charge < -0.3 is 10.6 Å². The van der Waals surface area contributed by atoms with E-state index in [4.69, 9.17) is 0 Å². The van der Waals surface area contributed by atoms with Gasteiger partial charge in [-0.15, -0.1) is 11.3 Å². The van der Waals surface area contributed by atoms with Crippen molar-refractivity contribution in [3.05, 3.63) is 70.4 Å². The second kappa shape index (κ2) is 8.60. The maximum Gasteiger partial charge on any atom is 0.258 e. The molecule has 31 heavy (non-hydrogen) atoms. The average molecular weight is 456 g/mol. The van der Waals surface area contributed by atoms with Crippen LogP contribution in [0.3, 0.4) is 0 Å². The Bertz CT molecular complexity index is 1250. The van der Waals surface area contributed by atoms with Crippen molar-refractivity contribution in [2.75, 3.05) is 16.9 Å². The van der Waals surface area contributed by atoms with E-state index in [-0.39, 0.29) is 16.7 Å². The number of anilines is 2. The van der Waals surface area contributed by atoms with Crippen molar-refractivity contribution in [3.8, 4) is 0 Å². The first kappa shape index (κ1) is 21.2. The van der Waals surface area contributed by atoms with Crippen molar-refractivity contribution in [2.24, 2.45) is 0 Å². The molecule has 0 spiro atoms. The fraction of sp³-hybridized carbons (Fsp3) is 0.227. The summed E-state index contributed by atoms with van der Waals surface area (Å²) in [5.41, 5.74) is 2.19. The monoisotopic (exact) mass is 455 g/mol. The number of fused-ring (bicyclic) bond motifs is 1. The number of hydrogen-bond acceptors (Lipinski definition) is 6. The Hall–Kier alpha value is -3.04. The topological polar surface area (TPSA) is 105 Å². The number of benzene rings is 1. The van der Waals surface area contributed by atoms with E-state index < -0.39 is 9.84 Å². The minimum absolute atomic E-state index is 0.128. The average Bonchev–Trinajstić information content (AvgIpc) is 3.12. The second-order valence-electron chi connectivity index (χ2n) is 7.36.